The first kappa shape index (κ1) is 15.3. The van der Waals surface area contributed by atoms with Gasteiger partial charge in [-0.3, -0.25) is 4.79 Å². The zero-order valence-electron chi connectivity index (χ0n) is 11.9. The molecular weight excluding hydrogens is 274 g/mol. The predicted molar refractivity (Wildman–Crippen MR) is 82.4 cm³/mol. The summed E-state index contributed by atoms with van der Waals surface area (Å²) in [4.78, 5) is 14.5. The summed E-state index contributed by atoms with van der Waals surface area (Å²) in [6.45, 7) is 7.99. The highest BCUT2D eigenvalue weighted by Crippen LogP contribution is 2.15. The predicted octanol–water partition coefficient (Wildman–Crippen LogP) is 1.67. The van der Waals surface area contributed by atoms with Gasteiger partial charge in [0.2, 0.25) is 0 Å². The lowest BCUT2D eigenvalue weighted by molar-refractivity contribution is 0.0950. The highest BCUT2D eigenvalue weighted by molar-refractivity contribution is 6.31. The van der Waals surface area contributed by atoms with E-state index in [0.717, 1.165) is 44.7 Å². The molecule has 0 aromatic heterocycles. The summed E-state index contributed by atoms with van der Waals surface area (Å²) in [6, 6.07) is 5.40. The molecule has 0 atom stereocenters. The number of nitrogens with zero attached hydrogens (tertiary/aromatic N) is 1. The van der Waals surface area contributed by atoms with Crippen molar-refractivity contribution in [2.45, 2.75) is 13.3 Å². The van der Waals surface area contributed by atoms with Crippen LogP contribution in [-0.4, -0.2) is 50.1 Å². The van der Waals surface area contributed by atoms with E-state index in [4.69, 9.17) is 11.6 Å². The van der Waals surface area contributed by atoms with Crippen molar-refractivity contribution in [3.05, 3.63) is 34.3 Å². The molecule has 0 radical (unpaired) electrons. The Kier molecular flexibility index (Phi) is 5.83. The summed E-state index contributed by atoms with van der Waals surface area (Å²) in [7, 11) is 0. The van der Waals surface area contributed by atoms with Crippen molar-refractivity contribution in [1.82, 2.24) is 15.5 Å². The maximum atomic E-state index is 12.1. The zero-order valence-corrected chi connectivity index (χ0v) is 12.7. The molecule has 1 aromatic carbocycles. The molecule has 4 nitrogen and oxygen atoms in total. The molecule has 2 rings (SSSR count). The lowest BCUT2D eigenvalue weighted by Gasteiger charge is -2.27. The van der Waals surface area contributed by atoms with Gasteiger partial charge in [-0.1, -0.05) is 17.7 Å². The third-order valence-electron chi connectivity index (χ3n) is 3.59. The number of nitrogens with one attached hydrogen (secondary N) is 2. The minimum atomic E-state index is -0.0367. The van der Waals surface area contributed by atoms with Gasteiger partial charge in [0.25, 0.3) is 5.91 Å². The van der Waals surface area contributed by atoms with Gasteiger partial charge in [0.1, 0.15) is 0 Å². The molecule has 1 saturated heterocycles. The smallest absolute Gasteiger partial charge is 0.251 e. The van der Waals surface area contributed by atoms with Gasteiger partial charge in [-0.15, -0.1) is 0 Å². The van der Waals surface area contributed by atoms with Crippen LogP contribution >= 0.6 is 11.6 Å². The number of amides is 1. The van der Waals surface area contributed by atoms with E-state index in [1.54, 1.807) is 12.1 Å². The van der Waals surface area contributed by atoms with Gasteiger partial charge >= 0.3 is 0 Å². The van der Waals surface area contributed by atoms with Crippen molar-refractivity contribution < 1.29 is 4.79 Å². The van der Waals surface area contributed by atoms with Crippen molar-refractivity contribution in [3.8, 4) is 0 Å². The van der Waals surface area contributed by atoms with Gasteiger partial charge in [-0.25, -0.2) is 0 Å². The van der Waals surface area contributed by atoms with Crippen LogP contribution in [0.1, 0.15) is 22.3 Å². The normalized spacial score (nSPS) is 16.1. The second-order valence-electron chi connectivity index (χ2n) is 5.16. The van der Waals surface area contributed by atoms with E-state index >= 15 is 0 Å². The maximum Gasteiger partial charge on any atom is 0.251 e. The average molecular weight is 296 g/mol. The van der Waals surface area contributed by atoms with Crippen LogP contribution in [0.15, 0.2) is 18.2 Å². The molecule has 0 aliphatic carbocycles. The number of aryl methyl sites for hydroxylation is 1. The van der Waals surface area contributed by atoms with Gasteiger partial charge in [-0.2, -0.15) is 0 Å². The zero-order chi connectivity index (χ0) is 14.4. The van der Waals surface area contributed by atoms with Crippen molar-refractivity contribution in [2.24, 2.45) is 0 Å². The molecule has 110 valence electrons. The first-order chi connectivity index (χ1) is 9.66. The summed E-state index contributed by atoms with van der Waals surface area (Å²) < 4.78 is 0. The SMILES string of the molecule is Cc1ccc(Cl)cc1C(=O)NCCCN1CCNCC1. The standard InChI is InChI=1S/C15H22ClN3O/c1-12-3-4-13(16)11-14(12)15(20)18-5-2-8-19-9-6-17-7-10-19/h3-4,11,17H,2,5-10H2,1H3,(H,18,20). The molecule has 0 bridgehead atoms. The Labute approximate surface area is 125 Å². The van der Waals surface area contributed by atoms with Gasteiger partial charge < -0.3 is 15.5 Å². The summed E-state index contributed by atoms with van der Waals surface area (Å²) in [5.74, 6) is -0.0367. The minimum absolute atomic E-state index is 0.0367. The number of piperazine rings is 1. The Morgan fingerprint density at radius 2 is 2.15 bits per heavy atom. The average Bonchev–Trinajstić information content (AvgIpc) is 2.47. The van der Waals surface area contributed by atoms with E-state index < -0.39 is 0 Å². The van der Waals surface area contributed by atoms with Gasteiger partial charge in [-0.05, 0) is 37.6 Å². The van der Waals surface area contributed by atoms with Crippen molar-refractivity contribution >= 4 is 17.5 Å². The summed E-state index contributed by atoms with van der Waals surface area (Å²) >= 11 is 5.93. The summed E-state index contributed by atoms with van der Waals surface area (Å²) in [6.07, 6.45) is 0.978. The van der Waals surface area contributed by atoms with Crippen molar-refractivity contribution in [1.29, 1.82) is 0 Å². The third kappa shape index (κ3) is 4.47. The molecule has 2 N–H and O–H groups in total. The monoisotopic (exact) mass is 295 g/mol. The fourth-order valence-corrected chi connectivity index (χ4v) is 2.55. The molecule has 5 heteroatoms. The topological polar surface area (TPSA) is 44.4 Å². The number of halogens is 1. The highest BCUT2D eigenvalue weighted by atomic mass is 35.5. The lowest BCUT2D eigenvalue weighted by Crippen LogP contribution is -2.44. The van der Waals surface area contributed by atoms with Crippen LogP contribution in [0.5, 0.6) is 0 Å². The third-order valence-corrected chi connectivity index (χ3v) is 3.83. The number of hydrogen-bond acceptors (Lipinski definition) is 3. The Hall–Kier alpha value is -1.10. The number of rotatable bonds is 5. The van der Waals surface area contributed by atoms with Crippen molar-refractivity contribution in [3.63, 3.8) is 0 Å². The largest absolute Gasteiger partial charge is 0.352 e. The van der Waals surface area contributed by atoms with Gasteiger partial charge in [0.15, 0.2) is 0 Å². The van der Waals surface area contributed by atoms with Crippen LogP contribution in [0.2, 0.25) is 5.02 Å². The Bertz CT molecular complexity index is 458. The van der Waals surface area contributed by atoms with E-state index in [-0.39, 0.29) is 5.91 Å². The van der Waals surface area contributed by atoms with Crippen LogP contribution in [0.25, 0.3) is 0 Å². The highest BCUT2D eigenvalue weighted by Gasteiger charge is 2.11. The van der Waals surface area contributed by atoms with Gasteiger partial charge in [0.05, 0.1) is 0 Å². The van der Waals surface area contributed by atoms with E-state index in [1.165, 1.54) is 0 Å². The maximum absolute atomic E-state index is 12.1. The minimum Gasteiger partial charge on any atom is -0.352 e. The molecule has 20 heavy (non-hydrogen) atoms. The molecule has 1 aliphatic heterocycles. The first-order valence-electron chi connectivity index (χ1n) is 7.14. The van der Waals surface area contributed by atoms with Crippen LogP contribution in [0, 0.1) is 6.92 Å². The molecular formula is C15H22ClN3O. The molecule has 1 aromatic rings. The Morgan fingerprint density at radius 1 is 1.40 bits per heavy atom. The number of carbonyl (C=O) groups is 1. The Morgan fingerprint density at radius 3 is 2.90 bits per heavy atom. The lowest BCUT2D eigenvalue weighted by atomic mass is 10.1. The second-order valence-corrected chi connectivity index (χ2v) is 5.60. The molecule has 1 fully saturated rings. The van der Waals surface area contributed by atoms with Crippen LogP contribution in [0.4, 0.5) is 0 Å². The van der Waals surface area contributed by atoms with E-state index in [9.17, 15) is 4.79 Å². The first-order valence-corrected chi connectivity index (χ1v) is 7.52. The molecule has 1 heterocycles. The van der Waals surface area contributed by atoms with E-state index in [0.29, 0.717) is 17.1 Å². The number of benzene rings is 1. The molecule has 1 amide bonds. The fraction of sp³-hybridized carbons (Fsp3) is 0.533. The van der Waals surface area contributed by atoms with E-state index in [1.807, 2.05) is 13.0 Å². The molecule has 0 unspecified atom stereocenters. The molecule has 0 saturated carbocycles. The van der Waals surface area contributed by atoms with Crippen LogP contribution < -0.4 is 10.6 Å². The van der Waals surface area contributed by atoms with Crippen LogP contribution in [-0.2, 0) is 0 Å². The fourth-order valence-electron chi connectivity index (χ4n) is 2.37. The Balaban J connectivity index is 1.73. The van der Waals surface area contributed by atoms with Gasteiger partial charge in [0, 0.05) is 43.3 Å². The van der Waals surface area contributed by atoms with Crippen molar-refractivity contribution in [2.75, 3.05) is 39.3 Å². The van der Waals surface area contributed by atoms with E-state index in [2.05, 4.69) is 15.5 Å². The second kappa shape index (κ2) is 7.62. The molecule has 1 aliphatic rings. The summed E-state index contributed by atoms with van der Waals surface area (Å²) in [5, 5.41) is 6.90. The molecule has 0 spiro atoms. The number of carbonyl (C=O) groups excluding carboxylic acids is 1. The van der Waals surface area contributed by atoms with Crippen LogP contribution in [0.3, 0.4) is 0 Å². The summed E-state index contributed by atoms with van der Waals surface area (Å²) in [5.41, 5.74) is 1.62. The quantitative estimate of drug-likeness (QED) is 0.812. The number of hydrogen-bond donors (Lipinski definition) is 2.